The molecule has 2 rings (SSSR count). The van der Waals surface area contributed by atoms with E-state index in [-0.39, 0.29) is 18.9 Å². The molecule has 1 heterocycles. The monoisotopic (exact) mass is 286 g/mol. The predicted octanol–water partition coefficient (Wildman–Crippen LogP) is -0.0715. The number of nitriles is 1. The van der Waals surface area contributed by atoms with Crippen LogP contribution < -0.4 is 11.1 Å². The molecule has 0 aliphatic carbocycles. The molecule has 1 aliphatic heterocycles. The number of carbonyl (C=O) groups excluding carboxylic acids is 2. The summed E-state index contributed by atoms with van der Waals surface area (Å²) in [4.78, 5) is 25.3. The molecule has 3 N–H and O–H groups in total. The molecule has 1 aromatic rings. The van der Waals surface area contributed by atoms with Crippen LogP contribution >= 0.6 is 0 Å². The van der Waals surface area contributed by atoms with Crippen molar-refractivity contribution >= 4 is 11.8 Å². The summed E-state index contributed by atoms with van der Waals surface area (Å²) >= 11 is 0. The van der Waals surface area contributed by atoms with Gasteiger partial charge < -0.3 is 11.1 Å². The average Bonchev–Trinajstić information content (AvgIpc) is 2.46. The van der Waals surface area contributed by atoms with Crippen molar-refractivity contribution in [1.82, 2.24) is 10.2 Å². The molecule has 1 atom stereocenters. The van der Waals surface area contributed by atoms with E-state index in [1.165, 1.54) is 0 Å². The van der Waals surface area contributed by atoms with Crippen LogP contribution in [0.15, 0.2) is 24.3 Å². The summed E-state index contributed by atoms with van der Waals surface area (Å²) in [5.74, 6) is -0.620. The van der Waals surface area contributed by atoms with Crippen molar-refractivity contribution in [2.45, 2.75) is 25.4 Å². The van der Waals surface area contributed by atoms with E-state index >= 15 is 0 Å². The van der Waals surface area contributed by atoms with E-state index in [1.54, 1.807) is 4.90 Å². The van der Waals surface area contributed by atoms with Gasteiger partial charge in [-0.25, -0.2) is 0 Å². The predicted molar refractivity (Wildman–Crippen MR) is 76.8 cm³/mol. The Bertz CT molecular complexity index is 579. The maximum Gasteiger partial charge on any atom is 0.235 e. The van der Waals surface area contributed by atoms with Crippen molar-refractivity contribution in [3.8, 4) is 6.07 Å². The second-order valence-electron chi connectivity index (χ2n) is 5.05. The van der Waals surface area contributed by atoms with Gasteiger partial charge in [-0.15, -0.1) is 0 Å². The van der Waals surface area contributed by atoms with E-state index in [4.69, 9.17) is 11.0 Å². The van der Waals surface area contributed by atoms with E-state index in [2.05, 4.69) is 5.32 Å². The number of nitrogens with one attached hydrogen (secondary N) is 1. The summed E-state index contributed by atoms with van der Waals surface area (Å²) in [6.07, 6.45) is 0.796. The minimum Gasteiger partial charge on any atom is -0.368 e. The molecule has 2 amide bonds. The standard InChI is InChI=1S/C15H18N4O2/c16-6-3-7-18-14(20)10-19-9-12-5-2-1-4-11(12)8-13(19)15(17)21/h1-2,4-5,13H,3,7-10H2,(H2,17,21)(H,18,20)/t13-/m0/s1. The van der Waals surface area contributed by atoms with Crippen LogP contribution in [0.5, 0.6) is 0 Å². The molecule has 1 aliphatic rings. The lowest BCUT2D eigenvalue weighted by Gasteiger charge is -2.34. The minimum atomic E-state index is -0.471. The number of amides is 2. The highest BCUT2D eigenvalue weighted by atomic mass is 16.2. The number of carbonyl (C=O) groups is 2. The van der Waals surface area contributed by atoms with E-state index < -0.39 is 11.9 Å². The van der Waals surface area contributed by atoms with Gasteiger partial charge in [0.05, 0.1) is 25.1 Å². The van der Waals surface area contributed by atoms with Crippen LogP contribution in [-0.2, 0) is 22.6 Å². The normalized spacial score (nSPS) is 17.6. The molecule has 0 radical (unpaired) electrons. The molecule has 21 heavy (non-hydrogen) atoms. The van der Waals surface area contributed by atoms with Gasteiger partial charge in [-0.2, -0.15) is 5.26 Å². The van der Waals surface area contributed by atoms with Crippen molar-refractivity contribution in [3.05, 3.63) is 35.4 Å². The second-order valence-corrected chi connectivity index (χ2v) is 5.05. The number of nitrogens with zero attached hydrogens (tertiary/aromatic N) is 2. The Labute approximate surface area is 123 Å². The Hall–Kier alpha value is -2.39. The molecule has 1 aromatic carbocycles. The third-order valence-corrected chi connectivity index (χ3v) is 3.58. The lowest BCUT2D eigenvalue weighted by molar-refractivity contribution is -0.127. The average molecular weight is 286 g/mol. The van der Waals surface area contributed by atoms with Crippen LogP contribution in [0.25, 0.3) is 0 Å². The number of rotatable bonds is 5. The van der Waals surface area contributed by atoms with Gasteiger partial charge >= 0.3 is 0 Å². The Kier molecular flexibility index (Phi) is 4.90. The van der Waals surface area contributed by atoms with Gasteiger partial charge in [0.15, 0.2) is 0 Å². The smallest absolute Gasteiger partial charge is 0.235 e. The lowest BCUT2D eigenvalue weighted by Crippen LogP contribution is -2.51. The van der Waals surface area contributed by atoms with Gasteiger partial charge in [-0.05, 0) is 17.5 Å². The van der Waals surface area contributed by atoms with Crippen LogP contribution in [0.3, 0.4) is 0 Å². The zero-order chi connectivity index (χ0) is 15.2. The van der Waals surface area contributed by atoms with Crippen LogP contribution in [-0.4, -0.2) is 35.8 Å². The van der Waals surface area contributed by atoms with Crippen molar-refractivity contribution in [2.24, 2.45) is 5.73 Å². The summed E-state index contributed by atoms with van der Waals surface area (Å²) in [6.45, 7) is 0.948. The number of hydrogen-bond acceptors (Lipinski definition) is 4. The van der Waals surface area contributed by atoms with E-state index in [9.17, 15) is 9.59 Å². The fourth-order valence-electron chi connectivity index (χ4n) is 2.52. The zero-order valence-electron chi connectivity index (χ0n) is 11.7. The van der Waals surface area contributed by atoms with Crippen molar-refractivity contribution in [1.29, 1.82) is 5.26 Å². The zero-order valence-corrected chi connectivity index (χ0v) is 11.7. The highest BCUT2D eigenvalue weighted by Gasteiger charge is 2.30. The van der Waals surface area contributed by atoms with E-state index in [1.807, 2.05) is 30.3 Å². The van der Waals surface area contributed by atoms with Crippen LogP contribution in [0.2, 0.25) is 0 Å². The van der Waals surface area contributed by atoms with Gasteiger partial charge in [0.1, 0.15) is 0 Å². The Morgan fingerprint density at radius 2 is 2.10 bits per heavy atom. The Balaban J connectivity index is 2.05. The third-order valence-electron chi connectivity index (χ3n) is 3.58. The Morgan fingerprint density at radius 1 is 1.38 bits per heavy atom. The topological polar surface area (TPSA) is 99.2 Å². The molecule has 0 unspecified atom stereocenters. The van der Waals surface area contributed by atoms with E-state index in [0.29, 0.717) is 19.5 Å². The summed E-state index contributed by atoms with van der Waals surface area (Å²) in [5.41, 5.74) is 7.67. The van der Waals surface area contributed by atoms with Gasteiger partial charge in [-0.3, -0.25) is 14.5 Å². The first-order chi connectivity index (χ1) is 10.1. The molecule has 0 bridgehead atoms. The molecule has 0 saturated heterocycles. The summed E-state index contributed by atoms with van der Waals surface area (Å²) < 4.78 is 0. The van der Waals surface area contributed by atoms with Gasteiger partial charge in [0.2, 0.25) is 11.8 Å². The molecule has 0 spiro atoms. The SMILES string of the molecule is N#CCCNC(=O)CN1Cc2ccccc2C[C@H]1C(N)=O. The molecule has 0 saturated carbocycles. The third kappa shape index (κ3) is 3.80. The van der Waals surface area contributed by atoms with Crippen molar-refractivity contribution < 1.29 is 9.59 Å². The number of hydrogen-bond donors (Lipinski definition) is 2. The highest BCUT2D eigenvalue weighted by Crippen LogP contribution is 2.22. The van der Waals surface area contributed by atoms with Crippen LogP contribution in [0, 0.1) is 11.3 Å². The lowest BCUT2D eigenvalue weighted by atomic mass is 9.93. The second kappa shape index (κ2) is 6.86. The number of primary amides is 1. The molecule has 6 nitrogen and oxygen atoms in total. The molecule has 6 heteroatoms. The fraction of sp³-hybridized carbons (Fsp3) is 0.400. The molecular weight excluding hydrogens is 268 g/mol. The minimum absolute atomic E-state index is 0.105. The fourth-order valence-corrected chi connectivity index (χ4v) is 2.52. The number of benzene rings is 1. The highest BCUT2D eigenvalue weighted by molar-refractivity contribution is 5.83. The first-order valence-electron chi connectivity index (χ1n) is 6.85. The van der Waals surface area contributed by atoms with Gasteiger partial charge in [0, 0.05) is 13.1 Å². The van der Waals surface area contributed by atoms with E-state index in [0.717, 1.165) is 11.1 Å². The summed E-state index contributed by atoms with van der Waals surface area (Å²) in [5, 5.41) is 11.1. The summed E-state index contributed by atoms with van der Waals surface area (Å²) in [7, 11) is 0. The number of fused-ring (bicyclic) bond motifs is 1. The van der Waals surface area contributed by atoms with Gasteiger partial charge in [-0.1, -0.05) is 24.3 Å². The molecule has 0 aromatic heterocycles. The van der Waals surface area contributed by atoms with Crippen LogP contribution in [0.1, 0.15) is 17.5 Å². The van der Waals surface area contributed by atoms with Crippen LogP contribution in [0.4, 0.5) is 0 Å². The maximum absolute atomic E-state index is 11.9. The number of nitrogens with two attached hydrogens (primary N) is 1. The van der Waals surface area contributed by atoms with Gasteiger partial charge in [0.25, 0.3) is 0 Å². The Morgan fingerprint density at radius 3 is 2.76 bits per heavy atom. The van der Waals surface area contributed by atoms with Crippen molar-refractivity contribution in [3.63, 3.8) is 0 Å². The molecular formula is C15H18N4O2. The summed E-state index contributed by atoms with van der Waals surface area (Å²) in [6, 6.07) is 9.34. The largest absolute Gasteiger partial charge is 0.368 e. The maximum atomic E-state index is 11.9. The molecule has 110 valence electrons. The first kappa shape index (κ1) is 15.0. The molecule has 0 fully saturated rings. The first-order valence-corrected chi connectivity index (χ1v) is 6.85. The van der Waals surface area contributed by atoms with Crippen molar-refractivity contribution in [2.75, 3.05) is 13.1 Å². The quantitative estimate of drug-likeness (QED) is 0.740.